The molecule has 1 unspecified atom stereocenters. The van der Waals surface area contributed by atoms with Crippen molar-refractivity contribution in [2.75, 3.05) is 5.73 Å². The van der Waals surface area contributed by atoms with Crippen molar-refractivity contribution < 1.29 is 9.50 Å². The van der Waals surface area contributed by atoms with Gasteiger partial charge in [-0.2, -0.15) is 0 Å². The number of aliphatic hydroxyl groups is 1. The van der Waals surface area contributed by atoms with Gasteiger partial charge < -0.3 is 10.8 Å². The first-order chi connectivity index (χ1) is 8.09. The Kier molecular flexibility index (Phi) is 3.11. The van der Waals surface area contributed by atoms with E-state index < -0.39 is 11.9 Å². The van der Waals surface area contributed by atoms with Crippen molar-refractivity contribution >= 4 is 5.69 Å². The number of rotatable bonds is 2. The van der Waals surface area contributed by atoms with Crippen LogP contribution in [0, 0.1) is 12.7 Å². The number of nitrogen functional groups attached to an aromatic ring is 1. The van der Waals surface area contributed by atoms with Crippen LogP contribution in [0.1, 0.15) is 22.8 Å². The summed E-state index contributed by atoms with van der Waals surface area (Å²) in [6.45, 7) is 1.96. The minimum absolute atomic E-state index is 0.000532. The van der Waals surface area contributed by atoms with Gasteiger partial charge in [-0.05, 0) is 18.6 Å². The third kappa shape index (κ3) is 2.29. The van der Waals surface area contributed by atoms with Crippen molar-refractivity contribution in [3.8, 4) is 0 Å². The maximum absolute atomic E-state index is 13.3. The van der Waals surface area contributed by atoms with Gasteiger partial charge in [-0.25, -0.2) is 4.39 Å². The smallest absolute Gasteiger partial charge is 0.146 e. The lowest BCUT2D eigenvalue weighted by molar-refractivity contribution is 0.220. The van der Waals surface area contributed by atoms with Gasteiger partial charge in [-0.1, -0.05) is 42.0 Å². The molecule has 2 aromatic carbocycles. The number of hydrogen-bond acceptors (Lipinski definition) is 2. The Balaban J connectivity index is 2.40. The van der Waals surface area contributed by atoms with Gasteiger partial charge in [-0.15, -0.1) is 0 Å². The Morgan fingerprint density at radius 1 is 1.12 bits per heavy atom. The van der Waals surface area contributed by atoms with Gasteiger partial charge in [0, 0.05) is 5.56 Å². The second-order valence-corrected chi connectivity index (χ2v) is 4.06. The Bertz CT molecular complexity index is 522. The monoisotopic (exact) mass is 231 g/mol. The summed E-state index contributed by atoms with van der Waals surface area (Å²) in [5.74, 6) is -0.506. The molecule has 0 bridgehead atoms. The number of halogens is 1. The van der Waals surface area contributed by atoms with Crippen LogP contribution in [0.3, 0.4) is 0 Å². The van der Waals surface area contributed by atoms with Crippen molar-refractivity contribution in [2.45, 2.75) is 13.0 Å². The number of aliphatic hydroxyl groups excluding tert-OH is 1. The fourth-order valence-electron chi connectivity index (χ4n) is 1.72. The van der Waals surface area contributed by atoms with Gasteiger partial charge in [0.15, 0.2) is 0 Å². The van der Waals surface area contributed by atoms with Gasteiger partial charge in [-0.3, -0.25) is 0 Å². The van der Waals surface area contributed by atoms with Crippen LogP contribution in [0.2, 0.25) is 0 Å². The fourth-order valence-corrected chi connectivity index (χ4v) is 1.72. The standard InChI is InChI=1S/C14H14FNO/c1-9-5-7-10(8-6-9)14(17)11-3-2-4-12(15)13(11)16/h2-8,14,17H,16H2,1H3. The molecule has 0 heterocycles. The van der Waals surface area contributed by atoms with E-state index in [1.807, 2.05) is 31.2 Å². The summed E-state index contributed by atoms with van der Waals surface area (Å²) in [7, 11) is 0. The highest BCUT2D eigenvalue weighted by Gasteiger charge is 2.15. The Morgan fingerprint density at radius 2 is 1.76 bits per heavy atom. The van der Waals surface area contributed by atoms with Crippen molar-refractivity contribution in [2.24, 2.45) is 0 Å². The first kappa shape index (κ1) is 11.6. The normalized spacial score (nSPS) is 12.4. The molecule has 0 aliphatic carbocycles. The summed E-state index contributed by atoms with van der Waals surface area (Å²) in [4.78, 5) is 0. The van der Waals surface area contributed by atoms with Crippen LogP contribution in [0.15, 0.2) is 42.5 Å². The molecule has 1 atom stereocenters. The zero-order valence-corrected chi connectivity index (χ0v) is 9.52. The molecular formula is C14H14FNO. The van der Waals surface area contributed by atoms with Crippen LogP contribution in [-0.2, 0) is 0 Å². The lowest BCUT2D eigenvalue weighted by Crippen LogP contribution is -2.05. The zero-order valence-electron chi connectivity index (χ0n) is 9.52. The molecule has 3 N–H and O–H groups in total. The minimum atomic E-state index is -0.897. The molecule has 2 aromatic rings. The van der Waals surface area contributed by atoms with Crippen LogP contribution in [0.4, 0.5) is 10.1 Å². The lowest BCUT2D eigenvalue weighted by Gasteiger charge is -2.14. The average Bonchev–Trinajstić information content (AvgIpc) is 2.33. The largest absolute Gasteiger partial charge is 0.396 e. The predicted molar refractivity (Wildman–Crippen MR) is 66.1 cm³/mol. The molecule has 0 saturated heterocycles. The van der Waals surface area contributed by atoms with Crippen molar-refractivity contribution in [1.29, 1.82) is 0 Å². The van der Waals surface area contributed by atoms with Gasteiger partial charge in [0.05, 0.1) is 5.69 Å². The van der Waals surface area contributed by atoms with E-state index >= 15 is 0 Å². The summed E-state index contributed by atoms with van der Waals surface area (Å²) in [5.41, 5.74) is 7.82. The number of anilines is 1. The summed E-state index contributed by atoms with van der Waals surface area (Å²) >= 11 is 0. The molecule has 0 fully saturated rings. The number of benzene rings is 2. The summed E-state index contributed by atoms with van der Waals surface area (Å²) < 4.78 is 13.3. The molecule has 2 rings (SSSR count). The highest BCUT2D eigenvalue weighted by Crippen LogP contribution is 2.28. The number of para-hydroxylation sites is 1. The third-order valence-corrected chi connectivity index (χ3v) is 2.77. The summed E-state index contributed by atoms with van der Waals surface area (Å²) in [5, 5.41) is 10.1. The molecule has 88 valence electrons. The first-order valence-electron chi connectivity index (χ1n) is 5.38. The van der Waals surface area contributed by atoms with Crippen molar-refractivity contribution in [1.82, 2.24) is 0 Å². The van der Waals surface area contributed by atoms with Crippen LogP contribution in [0.5, 0.6) is 0 Å². The highest BCUT2D eigenvalue weighted by atomic mass is 19.1. The lowest BCUT2D eigenvalue weighted by atomic mass is 9.99. The molecule has 0 spiro atoms. The molecule has 0 aliphatic heterocycles. The number of aryl methyl sites for hydroxylation is 1. The summed E-state index contributed by atoms with van der Waals surface area (Å²) in [6.07, 6.45) is -0.897. The number of nitrogens with two attached hydrogens (primary N) is 1. The van der Waals surface area contributed by atoms with E-state index in [0.29, 0.717) is 11.1 Å². The molecule has 0 saturated carbocycles. The maximum Gasteiger partial charge on any atom is 0.146 e. The van der Waals surface area contributed by atoms with E-state index in [1.165, 1.54) is 6.07 Å². The molecule has 3 heteroatoms. The van der Waals surface area contributed by atoms with E-state index in [2.05, 4.69) is 0 Å². The minimum Gasteiger partial charge on any atom is -0.396 e. The van der Waals surface area contributed by atoms with Gasteiger partial charge >= 0.3 is 0 Å². The van der Waals surface area contributed by atoms with Crippen LogP contribution >= 0.6 is 0 Å². The third-order valence-electron chi connectivity index (χ3n) is 2.77. The molecule has 2 nitrogen and oxygen atoms in total. The van der Waals surface area contributed by atoms with Crippen LogP contribution in [0.25, 0.3) is 0 Å². The maximum atomic E-state index is 13.3. The number of hydrogen-bond donors (Lipinski definition) is 2. The second-order valence-electron chi connectivity index (χ2n) is 4.06. The molecule has 17 heavy (non-hydrogen) atoms. The van der Waals surface area contributed by atoms with Gasteiger partial charge in [0.25, 0.3) is 0 Å². The van der Waals surface area contributed by atoms with E-state index in [9.17, 15) is 9.50 Å². The van der Waals surface area contributed by atoms with Gasteiger partial charge in [0.1, 0.15) is 11.9 Å². The van der Waals surface area contributed by atoms with Gasteiger partial charge in [0.2, 0.25) is 0 Å². The highest BCUT2D eigenvalue weighted by molar-refractivity contribution is 5.51. The predicted octanol–water partition coefficient (Wildman–Crippen LogP) is 2.80. The quantitative estimate of drug-likeness (QED) is 0.781. The zero-order chi connectivity index (χ0) is 12.4. The van der Waals surface area contributed by atoms with E-state index in [4.69, 9.17) is 5.73 Å². The van der Waals surface area contributed by atoms with Crippen molar-refractivity contribution in [3.63, 3.8) is 0 Å². The second kappa shape index (κ2) is 4.55. The topological polar surface area (TPSA) is 46.2 Å². The molecule has 0 radical (unpaired) electrons. The van der Waals surface area contributed by atoms with Crippen LogP contribution < -0.4 is 5.73 Å². The molecular weight excluding hydrogens is 217 g/mol. The van der Waals surface area contributed by atoms with E-state index in [-0.39, 0.29) is 5.69 Å². The summed E-state index contributed by atoms with van der Waals surface area (Å²) in [6, 6.07) is 11.9. The Morgan fingerprint density at radius 3 is 2.41 bits per heavy atom. The van der Waals surface area contributed by atoms with E-state index in [1.54, 1.807) is 12.1 Å². The molecule has 0 aliphatic rings. The van der Waals surface area contributed by atoms with Crippen LogP contribution in [-0.4, -0.2) is 5.11 Å². The SMILES string of the molecule is Cc1ccc(C(O)c2cccc(F)c2N)cc1. The van der Waals surface area contributed by atoms with Crippen molar-refractivity contribution in [3.05, 3.63) is 65.0 Å². The Hall–Kier alpha value is -1.87. The van der Waals surface area contributed by atoms with E-state index in [0.717, 1.165) is 5.56 Å². The first-order valence-corrected chi connectivity index (χ1v) is 5.38. The fraction of sp³-hybridized carbons (Fsp3) is 0.143. The molecule has 0 amide bonds. The Labute approximate surface area is 99.5 Å². The molecule has 0 aromatic heterocycles. The average molecular weight is 231 g/mol.